The van der Waals surface area contributed by atoms with Gasteiger partial charge in [0.05, 0.1) is 41.1 Å². The van der Waals surface area contributed by atoms with Gasteiger partial charge in [-0.15, -0.1) is 11.6 Å². The van der Waals surface area contributed by atoms with E-state index in [0.717, 1.165) is 203 Å². The van der Waals surface area contributed by atoms with E-state index >= 15 is 0 Å². The van der Waals surface area contributed by atoms with Crippen LogP contribution in [0, 0.1) is 0 Å². The van der Waals surface area contributed by atoms with Gasteiger partial charge in [0, 0.05) is 73.9 Å². The Labute approximate surface area is 732 Å². The summed E-state index contributed by atoms with van der Waals surface area (Å²) in [5.74, 6) is 13.1. The van der Waals surface area contributed by atoms with E-state index in [-0.39, 0.29) is 99.5 Å². The zero-order valence-electron chi connectivity index (χ0n) is 65.7. The Morgan fingerprint density at radius 2 is 0.878 bits per heavy atom. The van der Waals surface area contributed by atoms with Crippen molar-refractivity contribution in [2.24, 2.45) is 0 Å². The fraction of sp³-hybridized carbons (Fsp3) is 0.341. The molecule has 0 spiro atoms. The SMILES string of the molecule is COc1ccc2cc1Oc1ccc(cc1)C[C@@H]1NCCc3cc(OC)c4c(c31)Oc1cc3c(cc1O4)CCN(C)[C@H]3C2.COc1ccc2cc1Oc1ccc(cc1)C[C@H]1c3c(cc(OC)c4c3Oc3cc5c(cc3O4)CCN(C)[C@H]5C2)CCN1CCCCn1cnc2c(N)ncnc21.Nc1ncnc2c1ncn2CCCCCl.[I-].[K+]. The van der Waals surface area contributed by atoms with Crippen LogP contribution in [0.15, 0.2) is 147 Å². The second-order valence-electron chi connectivity index (χ2n) is 30.2. The fourth-order valence-electron chi connectivity index (χ4n) is 17.4. The monoisotopic (exact) mass is 1700 g/mol. The van der Waals surface area contributed by atoms with Gasteiger partial charge in [-0.1, -0.05) is 36.4 Å². The molecule has 0 aliphatic carbocycles. The van der Waals surface area contributed by atoms with Crippen molar-refractivity contribution in [3.05, 3.63) is 213 Å². The summed E-state index contributed by atoms with van der Waals surface area (Å²) in [6.45, 7) is 6.26. The summed E-state index contributed by atoms with van der Waals surface area (Å²) < 4.78 is 67.7. The standard InChI is InChI=1S/C44H45N7O5.C35H34N2O5.C9H12ClN5.HI.K/c1-49-16-12-28-21-36-37-23-31(28)32(49)19-27-8-11-34(52-2)35(20-27)54-30-9-6-26(7-10-30)18-33-39-29(22-38(53-3)41(55-36)42(39)56-37)13-17-50(33)14-4-5-15-51-25-48-40-43(45)46-24-47-44(40)51;1-37-13-11-22-17-30-31-19-25(22)27(37)15-21-6-9-28(38-2)29(16-21)40-24-7-4-20(5-8-24)14-26-33-23(10-12-36-26)18-32(39-3)34(41-30)35(33)42-31;10-3-1-2-4-15-6-14-7-8(11)12-5-13-9(7)15;;/h6-11,20-25,32-33H,4-5,12-19H2,1-3H3,(H2,45,46,47);4-9,16-19,26-27,36H,10-15H2,1-3H3;5-6H,1-4H2,(H2,11,12,13);1H;/q;;;;+1/p-1/t32-,33-;26-,27-;;;/m00.../s1. The van der Waals surface area contributed by atoms with Crippen molar-refractivity contribution in [3.63, 3.8) is 0 Å². The van der Waals surface area contributed by atoms with Crippen LogP contribution in [0.2, 0.25) is 0 Å². The number of hydrogen-bond donors (Lipinski definition) is 3. The number of nitrogen functional groups attached to an aromatic ring is 2. The quantitative estimate of drug-likeness (QED) is 0.0420. The molecule has 588 valence electrons. The molecule has 0 radical (unpaired) electrons. The van der Waals surface area contributed by atoms with Gasteiger partial charge >= 0.3 is 51.4 Å². The van der Waals surface area contributed by atoms with Crippen LogP contribution in [0.4, 0.5) is 11.6 Å². The largest absolute Gasteiger partial charge is 1.00 e. The molecule has 10 aliphatic heterocycles. The summed E-state index contributed by atoms with van der Waals surface area (Å²) in [7, 11) is 11.2. The number of aryl methyl sites for hydroxylation is 2. The number of alkyl halides is 1. The van der Waals surface area contributed by atoms with Crippen LogP contribution < -0.4 is 140 Å². The Morgan fingerprint density at radius 1 is 0.435 bits per heavy atom. The van der Waals surface area contributed by atoms with Gasteiger partial charge in [-0.05, 0) is 245 Å². The van der Waals surface area contributed by atoms with E-state index in [1.807, 2.05) is 35.2 Å². The van der Waals surface area contributed by atoms with E-state index in [1.54, 1.807) is 34.8 Å². The van der Waals surface area contributed by atoms with Crippen LogP contribution in [-0.4, -0.2) is 135 Å². The third kappa shape index (κ3) is 16.0. The smallest absolute Gasteiger partial charge is 1.00 e. The Kier molecular flexibility index (Phi) is 24.0. The van der Waals surface area contributed by atoms with E-state index in [1.165, 1.54) is 68.3 Å². The normalized spacial score (nSPS) is 17.8. The maximum absolute atomic E-state index is 7.10. The first kappa shape index (κ1) is 79.8. The maximum atomic E-state index is 7.10. The molecular weight excluding hydrogens is 1610 g/mol. The summed E-state index contributed by atoms with van der Waals surface area (Å²) >= 11 is 5.61. The first-order valence-corrected chi connectivity index (χ1v) is 39.5. The van der Waals surface area contributed by atoms with Crippen LogP contribution in [0.3, 0.4) is 0 Å². The number of hydrogen-bond acceptors (Lipinski definition) is 22. The van der Waals surface area contributed by atoms with Crippen molar-refractivity contribution in [2.45, 2.75) is 114 Å². The van der Waals surface area contributed by atoms with Crippen LogP contribution >= 0.6 is 11.6 Å². The number of ether oxygens (including phenoxy) is 10. The van der Waals surface area contributed by atoms with Crippen LogP contribution in [0.25, 0.3) is 22.3 Å². The van der Waals surface area contributed by atoms with Crippen molar-refractivity contribution in [1.82, 2.24) is 59.1 Å². The number of methoxy groups -OCH3 is 4. The minimum atomic E-state index is 0. The molecule has 0 fully saturated rings. The second-order valence-corrected chi connectivity index (χ2v) is 30.6. The van der Waals surface area contributed by atoms with Gasteiger partial charge in [-0.3, -0.25) is 14.7 Å². The molecule has 24 nitrogen and oxygen atoms in total. The molecule has 5 N–H and O–H groups in total. The molecule has 0 unspecified atom stereocenters. The molecule has 0 saturated heterocycles. The number of halogens is 2. The Morgan fingerprint density at radius 3 is 1.39 bits per heavy atom. The van der Waals surface area contributed by atoms with Gasteiger partial charge in [0.1, 0.15) is 35.2 Å². The van der Waals surface area contributed by atoms with Gasteiger partial charge < -0.3 is 97.3 Å². The van der Waals surface area contributed by atoms with Gasteiger partial charge in [-0.25, -0.2) is 29.9 Å². The van der Waals surface area contributed by atoms with E-state index in [4.69, 9.17) is 70.4 Å². The third-order valence-corrected chi connectivity index (χ3v) is 23.7. The fourth-order valence-corrected chi connectivity index (χ4v) is 17.6. The minimum absolute atomic E-state index is 0. The number of aromatic nitrogens is 8. The molecule has 14 bridgehead atoms. The summed E-state index contributed by atoms with van der Waals surface area (Å²) in [5.41, 5.74) is 29.2. The van der Waals surface area contributed by atoms with Gasteiger partial charge in [0.15, 0.2) is 91.9 Å². The summed E-state index contributed by atoms with van der Waals surface area (Å²) in [4.78, 5) is 32.7. The summed E-state index contributed by atoms with van der Waals surface area (Å²) in [6.07, 6.45) is 17.3. The Balaban J connectivity index is 0.000000148. The molecular formula is C88H91ClIKN14O10. The van der Waals surface area contributed by atoms with Crippen molar-refractivity contribution < 1.29 is 123 Å². The van der Waals surface area contributed by atoms with Gasteiger partial charge in [0.25, 0.3) is 0 Å². The number of unbranched alkanes of at least 4 members (excludes halogenated alkanes) is 2. The molecule has 4 aromatic heterocycles. The second kappa shape index (κ2) is 34.6. The average molecular weight is 1710 g/mol. The minimum Gasteiger partial charge on any atom is -1.00 e. The molecule has 115 heavy (non-hydrogen) atoms. The molecule has 0 amide bonds. The van der Waals surface area contributed by atoms with Crippen molar-refractivity contribution in [2.75, 3.05) is 92.6 Å². The predicted octanol–water partition coefficient (Wildman–Crippen LogP) is 10.2. The number of benzene rings is 8. The number of nitrogens with zero attached hydrogens (tertiary/aromatic N) is 11. The Hall–Kier alpha value is -9.04. The zero-order valence-corrected chi connectivity index (χ0v) is 71.8. The third-order valence-electron chi connectivity index (χ3n) is 23.4. The predicted molar refractivity (Wildman–Crippen MR) is 432 cm³/mol. The van der Waals surface area contributed by atoms with Gasteiger partial charge in [0.2, 0.25) is 11.5 Å². The Bertz CT molecular complexity index is 5600. The number of fused-ring (bicyclic) bond motifs is 6. The number of rotatable bonds is 13. The molecule has 14 heterocycles. The number of nitrogens with one attached hydrogen (secondary N) is 1. The van der Waals surface area contributed by atoms with E-state index in [9.17, 15) is 0 Å². The first-order chi connectivity index (χ1) is 55.3. The van der Waals surface area contributed by atoms with Crippen molar-refractivity contribution in [3.8, 4) is 92.0 Å². The molecule has 0 saturated carbocycles. The van der Waals surface area contributed by atoms with Crippen molar-refractivity contribution in [1.29, 1.82) is 0 Å². The van der Waals surface area contributed by atoms with Gasteiger partial charge in [-0.2, -0.15) is 0 Å². The molecule has 10 aliphatic rings. The average Bonchev–Trinajstić information content (AvgIpc) is 1.21. The molecule has 12 aromatic rings. The summed E-state index contributed by atoms with van der Waals surface area (Å²) in [6, 6.07) is 42.8. The van der Waals surface area contributed by atoms with Crippen LogP contribution in [0.5, 0.6) is 92.0 Å². The van der Waals surface area contributed by atoms with E-state index in [0.29, 0.717) is 63.0 Å². The number of imidazole rings is 2. The van der Waals surface area contributed by atoms with Crippen LogP contribution in [0.1, 0.15) is 117 Å². The number of nitrogens with two attached hydrogens (primary N) is 2. The molecule has 8 aromatic carbocycles. The number of likely N-dealkylation sites (N-methyl/N-ethyl adjacent to an activating group) is 2. The van der Waals surface area contributed by atoms with E-state index in [2.05, 4.69) is 166 Å². The van der Waals surface area contributed by atoms with Crippen molar-refractivity contribution >= 4 is 45.6 Å². The van der Waals surface area contributed by atoms with E-state index < -0.39 is 0 Å². The first-order valence-electron chi connectivity index (χ1n) is 39.0. The summed E-state index contributed by atoms with van der Waals surface area (Å²) in [5, 5.41) is 3.74. The number of anilines is 2. The molecule has 27 heteroatoms. The van der Waals surface area contributed by atoms with Crippen LogP contribution in [-0.2, 0) is 64.5 Å². The maximum Gasteiger partial charge on any atom is 1.00 e. The molecule has 4 atom stereocenters. The topological polar surface area (TPSA) is 253 Å². The zero-order chi connectivity index (χ0) is 77.0. The molecule has 22 rings (SSSR count).